The van der Waals surface area contributed by atoms with Crippen molar-refractivity contribution in [1.29, 1.82) is 5.26 Å². The highest BCUT2D eigenvalue weighted by atomic mass is 16.5. The molecule has 0 radical (unpaired) electrons. The summed E-state index contributed by atoms with van der Waals surface area (Å²) < 4.78 is 5.47. The first kappa shape index (κ1) is 22.8. The number of rotatable bonds is 5. The lowest BCUT2D eigenvalue weighted by Crippen LogP contribution is -2.36. The Morgan fingerprint density at radius 2 is 1.75 bits per heavy atom. The zero-order chi connectivity index (χ0) is 24.3. The summed E-state index contributed by atoms with van der Waals surface area (Å²) in [5.74, 6) is 1.50. The molecule has 6 heteroatoms. The van der Waals surface area contributed by atoms with Gasteiger partial charge in [-0.25, -0.2) is 9.97 Å². The van der Waals surface area contributed by atoms with Crippen LogP contribution in [-0.4, -0.2) is 41.3 Å². The minimum Gasteiger partial charge on any atom is -0.378 e. The number of hydrogen-bond donors (Lipinski definition) is 1. The number of morpholine rings is 1. The van der Waals surface area contributed by atoms with E-state index in [1.165, 1.54) is 43.4 Å². The van der Waals surface area contributed by atoms with E-state index in [1.807, 2.05) is 18.3 Å². The summed E-state index contributed by atoms with van der Waals surface area (Å²) in [7, 11) is 0. The number of aromatic amines is 1. The second-order valence-corrected chi connectivity index (χ2v) is 9.98. The van der Waals surface area contributed by atoms with Crippen molar-refractivity contribution in [3.8, 4) is 28.6 Å². The Balaban J connectivity index is 1.29. The van der Waals surface area contributed by atoms with Gasteiger partial charge in [-0.1, -0.05) is 44.2 Å². The fourth-order valence-electron chi connectivity index (χ4n) is 5.66. The summed E-state index contributed by atoms with van der Waals surface area (Å²) >= 11 is 0. The zero-order valence-corrected chi connectivity index (χ0v) is 20.5. The van der Waals surface area contributed by atoms with Crippen LogP contribution in [0.25, 0.3) is 33.7 Å². The molecule has 4 aromatic rings. The van der Waals surface area contributed by atoms with Gasteiger partial charge in [-0.3, -0.25) is 0 Å². The molecular weight excluding hydrogens is 446 g/mol. The second-order valence-electron chi connectivity index (χ2n) is 9.98. The van der Waals surface area contributed by atoms with Gasteiger partial charge in [-0.15, -0.1) is 0 Å². The highest BCUT2D eigenvalue weighted by molar-refractivity contribution is 5.91. The first-order chi connectivity index (χ1) is 17.8. The van der Waals surface area contributed by atoms with Gasteiger partial charge < -0.3 is 14.6 Å². The van der Waals surface area contributed by atoms with Gasteiger partial charge in [-0.2, -0.15) is 5.26 Å². The molecule has 6 rings (SSSR count). The Kier molecular flexibility index (Phi) is 6.40. The topological polar surface area (TPSA) is 77.8 Å². The van der Waals surface area contributed by atoms with Gasteiger partial charge in [0.1, 0.15) is 11.3 Å². The molecule has 1 saturated heterocycles. The van der Waals surface area contributed by atoms with Gasteiger partial charge in [0.05, 0.1) is 24.8 Å². The number of nitrogens with one attached hydrogen (secondary N) is 1. The van der Waals surface area contributed by atoms with Gasteiger partial charge in [0, 0.05) is 36.1 Å². The summed E-state index contributed by atoms with van der Waals surface area (Å²) in [5, 5.41) is 9.91. The zero-order valence-electron chi connectivity index (χ0n) is 20.5. The average Bonchev–Trinajstić information content (AvgIpc) is 3.39. The van der Waals surface area contributed by atoms with Crippen molar-refractivity contribution in [1.82, 2.24) is 15.0 Å². The van der Waals surface area contributed by atoms with Gasteiger partial charge in [0.2, 0.25) is 0 Å². The number of fused-ring (bicyclic) bond motifs is 1. The third kappa shape index (κ3) is 4.59. The predicted molar refractivity (Wildman–Crippen MR) is 143 cm³/mol. The molecule has 36 heavy (non-hydrogen) atoms. The Hall–Kier alpha value is -3.69. The van der Waals surface area contributed by atoms with E-state index in [0.717, 1.165) is 72.0 Å². The molecule has 0 bridgehead atoms. The molecule has 0 amide bonds. The lowest BCUT2D eigenvalue weighted by molar-refractivity contribution is 0.122. The Morgan fingerprint density at radius 3 is 2.53 bits per heavy atom. The minimum atomic E-state index is 0.702. The molecule has 2 aromatic heterocycles. The van der Waals surface area contributed by atoms with Crippen molar-refractivity contribution in [3.05, 3.63) is 65.9 Å². The molecule has 1 aliphatic carbocycles. The number of nitriles is 1. The highest BCUT2D eigenvalue weighted by Crippen LogP contribution is 2.32. The smallest absolute Gasteiger partial charge is 0.158 e. The first-order valence-electron chi connectivity index (χ1n) is 13.1. The predicted octanol–water partition coefficient (Wildman–Crippen LogP) is 6.12. The van der Waals surface area contributed by atoms with Crippen LogP contribution in [0.15, 0.2) is 54.7 Å². The molecule has 1 N–H and O–H groups in total. The monoisotopic (exact) mass is 477 g/mol. The number of nitrogens with zero attached hydrogens (tertiary/aromatic N) is 4. The number of imidazole rings is 1. The molecule has 0 spiro atoms. The van der Waals surface area contributed by atoms with E-state index in [-0.39, 0.29) is 0 Å². The summed E-state index contributed by atoms with van der Waals surface area (Å²) in [6, 6.07) is 19.3. The van der Waals surface area contributed by atoms with Crippen molar-refractivity contribution in [2.75, 3.05) is 31.2 Å². The molecule has 2 aliphatic rings. The van der Waals surface area contributed by atoms with E-state index in [0.29, 0.717) is 5.92 Å². The lowest BCUT2D eigenvalue weighted by atomic mass is 9.83. The van der Waals surface area contributed by atoms with E-state index in [9.17, 15) is 5.26 Å². The van der Waals surface area contributed by atoms with Gasteiger partial charge in [0.25, 0.3) is 0 Å². The number of anilines is 1. The fraction of sp³-hybridized carbons (Fsp3) is 0.367. The Bertz CT molecular complexity index is 1390. The third-order valence-corrected chi connectivity index (χ3v) is 7.68. The van der Waals surface area contributed by atoms with E-state index < -0.39 is 0 Å². The van der Waals surface area contributed by atoms with Crippen LogP contribution in [0.4, 0.5) is 5.69 Å². The van der Waals surface area contributed by atoms with Gasteiger partial charge >= 0.3 is 0 Å². The Labute approximate surface area is 212 Å². The molecule has 182 valence electrons. The molecule has 1 saturated carbocycles. The van der Waals surface area contributed by atoms with Crippen molar-refractivity contribution < 1.29 is 4.74 Å². The maximum atomic E-state index is 9.91. The minimum absolute atomic E-state index is 0.702. The molecule has 2 aromatic carbocycles. The van der Waals surface area contributed by atoms with Crippen LogP contribution < -0.4 is 4.90 Å². The average molecular weight is 478 g/mol. The van der Waals surface area contributed by atoms with Crippen LogP contribution in [-0.2, 0) is 11.2 Å². The molecule has 2 fully saturated rings. The highest BCUT2D eigenvalue weighted by Gasteiger charge is 2.18. The van der Waals surface area contributed by atoms with Gasteiger partial charge in [0.15, 0.2) is 5.65 Å². The first-order valence-corrected chi connectivity index (χ1v) is 13.1. The number of aromatic nitrogens is 3. The second kappa shape index (κ2) is 10.1. The summed E-state index contributed by atoms with van der Waals surface area (Å²) in [6.45, 7) is 3.38. The number of H-pyrrole nitrogens is 1. The van der Waals surface area contributed by atoms with Crippen molar-refractivity contribution in [2.45, 2.75) is 38.5 Å². The van der Waals surface area contributed by atoms with Crippen molar-refractivity contribution in [3.63, 3.8) is 0 Å². The van der Waals surface area contributed by atoms with Crippen molar-refractivity contribution >= 4 is 16.9 Å². The summed E-state index contributed by atoms with van der Waals surface area (Å²) in [6.07, 6.45) is 9.35. The SMILES string of the molecule is N#Cc1cc(-c2ccnc3[nH]c(-c4ccc(N5CCOCC5)cc4)nc23)ccc1CC1CCCCC1. The largest absolute Gasteiger partial charge is 0.378 e. The van der Waals surface area contributed by atoms with Crippen LogP contribution in [0.5, 0.6) is 0 Å². The van der Waals surface area contributed by atoms with E-state index in [2.05, 4.69) is 57.3 Å². The number of benzene rings is 2. The maximum absolute atomic E-state index is 9.91. The van der Waals surface area contributed by atoms with Crippen molar-refractivity contribution in [2.24, 2.45) is 5.92 Å². The number of hydrogen-bond acceptors (Lipinski definition) is 5. The van der Waals surface area contributed by atoms with Crippen LogP contribution in [0, 0.1) is 17.2 Å². The Morgan fingerprint density at radius 1 is 0.972 bits per heavy atom. The quantitative estimate of drug-likeness (QED) is 0.374. The molecule has 6 nitrogen and oxygen atoms in total. The fourth-order valence-corrected chi connectivity index (χ4v) is 5.66. The molecule has 0 atom stereocenters. The lowest BCUT2D eigenvalue weighted by Gasteiger charge is -2.28. The van der Waals surface area contributed by atoms with Crippen LogP contribution in [0.3, 0.4) is 0 Å². The van der Waals surface area contributed by atoms with Crippen LogP contribution >= 0.6 is 0 Å². The maximum Gasteiger partial charge on any atom is 0.158 e. The normalized spacial score (nSPS) is 16.8. The van der Waals surface area contributed by atoms with E-state index in [1.54, 1.807) is 0 Å². The molecule has 1 aliphatic heterocycles. The number of ether oxygens (including phenoxy) is 1. The summed E-state index contributed by atoms with van der Waals surface area (Å²) in [5.41, 5.74) is 7.75. The van der Waals surface area contributed by atoms with E-state index >= 15 is 0 Å². The molecular formula is C30H31N5O. The number of pyridine rings is 1. The standard InChI is InChI=1S/C30H31N5O/c31-20-25-19-24(7-6-23(25)18-21-4-2-1-3-5-21)27-12-13-32-30-28(27)33-29(34-30)22-8-10-26(11-9-22)35-14-16-36-17-15-35/h6-13,19,21H,1-5,14-18H2,(H,32,33,34). The summed E-state index contributed by atoms with van der Waals surface area (Å²) in [4.78, 5) is 15.2. The van der Waals surface area contributed by atoms with Crippen LogP contribution in [0.1, 0.15) is 43.2 Å². The molecule has 3 heterocycles. The molecule has 0 unspecified atom stereocenters. The van der Waals surface area contributed by atoms with E-state index in [4.69, 9.17) is 9.72 Å². The third-order valence-electron chi connectivity index (χ3n) is 7.68. The van der Waals surface area contributed by atoms with Crippen LogP contribution in [0.2, 0.25) is 0 Å². The van der Waals surface area contributed by atoms with Gasteiger partial charge in [-0.05, 0) is 59.9 Å².